The molecule has 1 atom stereocenters. The molecular formula is C14H21NO2. The van der Waals surface area contributed by atoms with Gasteiger partial charge in [-0.25, -0.2) is 0 Å². The van der Waals surface area contributed by atoms with Crippen LogP contribution in [0.5, 0.6) is 0 Å². The fraction of sp³-hybridized carbons (Fsp3) is 0.500. The lowest BCUT2D eigenvalue weighted by Crippen LogP contribution is -2.24. The summed E-state index contributed by atoms with van der Waals surface area (Å²) in [5.41, 5.74) is 3.42. The first-order valence-corrected chi connectivity index (χ1v) is 6.06. The standard InChI is InChI=1S/C14H21NO2/c1-4-5-15-13(9-14(16)17)12-7-10(2)6-11(3)8-12/h6-8,13,15H,4-5,9H2,1-3H3,(H,16,17). The van der Waals surface area contributed by atoms with Gasteiger partial charge in [0.15, 0.2) is 0 Å². The van der Waals surface area contributed by atoms with E-state index in [1.54, 1.807) is 0 Å². The summed E-state index contributed by atoms with van der Waals surface area (Å²) in [6, 6.07) is 6.12. The topological polar surface area (TPSA) is 49.3 Å². The van der Waals surface area contributed by atoms with Crippen LogP contribution in [0.1, 0.15) is 42.5 Å². The van der Waals surface area contributed by atoms with E-state index in [0.717, 1.165) is 18.5 Å². The molecule has 3 heteroatoms. The Hall–Kier alpha value is -1.35. The molecule has 0 spiro atoms. The first-order chi connectivity index (χ1) is 8.02. The average molecular weight is 235 g/mol. The summed E-state index contributed by atoms with van der Waals surface area (Å²) in [5, 5.41) is 12.2. The van der Waals surface area contributed by atoms with E-state index in [2.05, 4.69) is 30.4 Å². The number of carboxylic acid groups (broad SMARTS) is 1. The largest absolute Gasteiger partial charge is 0.481 e. The van der Waals surface area contributed by atoms with Crippen molar-refractivity contribution in [3.05, 3.63) is 34.9 Å². The Morgan fingerprint density at radius 1 is 1.29 bits per heavy atom. The van der Waals surface area contributed by atoms with Crippen molar-refractivity contribution in [1.82, 2.24) is 5.32 Å². The zero-order valence-corrected chi connectivity index (χ0v) is 10.8. The van der Waals surface area contributed by atoms with Gasteiger partial charge in [-0.15, -0.1) is 0 Å². The summed E-state index contributed by atoms with van der Waals surface area (Å²) in [6.45, 7) is 6.99. The summed E-state index contributed by atoms with van der Waals surface area (Å²) in [6.07, 6.45) is 1.13. The second-order valence-electron chi connectivity index (χ2n) is 4.53. The van der Waals surface area contributed by atoms with Gasteiger partial charge in [-0.05, 0) is 32.4 Å². The predicted molar refractivity (Wildman–Crippen MR) is 69.2 cm³/mol. The van der Waals surface area contributed by atoms with E-state index in [9.17, 15) is 4.79 Å². The Morgan fingerprint density at radius 2 is 1.88 bits per heavy atom. The molecule has 3 nitrogen and oxygen atoms in total. The fourth-order valence-electron chi connectivity index (χ4n) is 2.01. The highest BCUT2D eigenvalue weighted by Crippen LogP contribution is 2.20. The number of aliphatic carboxylic acids is 1. The van der Waals surface area contributed by atoms with Crippen molar-refractivity contribution in [3.63, 3.8) is 0 Å². The summed E-state index contributed by atoms with van der Waals surface area (Å²) < 4.78 is 0. The van der Waals surface area contributed by atoms with E-state index in [-0.39, 0.29) is 12.5 Å². The van der Waals surface area contributed by atoms with Crippen molar-refractivity contribution in [1.29, 1.82) is 0 Å². The Morgan fingerprint density at radius 3 is 2.35 bits per heavy atom. The van der Waals surface area contributed by atoms with Crippen LogP contribution in [0.25, 0.3) is 0 Å². The molecule has 0 aliphatic carbocycles. The van der Waals surface area contributed by atoms with Crippen LogP contribution in [-0.2, 0) is 4.79 Å². The number of benzene rings is 1. The van der Waals surface area contributed by atoms with Gasteiger partial charge in [-0.1, -0.05) is 36.2 Å². The highest BCUT2D eigenvalue weighted by molar-refractivity contribution is 5.68. The number of carboxylic acids is 1. The molecule has 0 heterocycles. The third-order valence-electron chi connectivity index (χ3n) is 2.67. The molecule has 1 unspecified atom stereocenters. The molecule has 1 aromatic rings. The minimum atomic E-state index is -0.766. The highest BCUT2D eigenvalue weighted by atomic mass is 16.4. The van der Waals surface area contributed by atoms with E-state index in [4.69, 9.17) is 5.11 Å². The molecule has 0 fully saturated rings. The molecule has 0 aromatic heterocycles. The molecule has 17 heavy (non-hydrogen) atoms. The van der Waals surface area contributed by atoms with Crippen LogP contribution in [0, 0.1) is 13.8 Å². The van der Waals surface area contributed by atoms with Gasteiger partial charge in [-0.3, -0.25) is 4.79 Å². The molecule has 0 saturated carbocycles. The molecule has 0 amide bonds. The predicted octanol–water partition coefficient (Wildman–Crippen LogP) is 2.82. The molecule has 1 aromatic carbocycles. The fourth-order valence-corrected chi connectivity index (χ4v) is 2.01. The normalized spacial score (nSPS) is 12.4. The maximum atomic E-state index is 10.9. The van der Waals surface area contributed by atoms with Gasteiger partial charge in [0.2, 0.25) is 0 Å². The van der Waals surface area contributed by atoms with Gasteiger partial charge >= 0.3 is 5.97 Å². The zero-order chi connectivity index (χ0) is 12.8. The van der Waals surface area contributed by atoms with Gasteiger partial charge in [0.25, 0.3) is 0 Å². The Labute approximate surface area is 103 Å². The number of rotatable bonds is 6. The van der Waals surface area contributed by atoms with Gasteiger partial charge in [0, 0.05) is 6.04 Å². The van der Waals surface area contributed by atoms with Gasteiger partial charge in [0.1, 0.15) is 0 Å². The molecule has 0 bridgehead atoms. The number of hydrogen-bond donors (Lipinski definition) is 2. The maximum absolute atomic E-state index is 10.9. The van der Waals surface area contributed by atoms with Crippen LogP contribution in [0.4, 0.5) is 0 Å². The van der Waals surface area contributed by atoms with Crippen LogP contribution < -0.4 is 5.32 Å². The maximum Gasteiger partial charge on any atom is 0.305 e. The minimum absolute atomic E-state index is 0.0916. The van der Waals surface area contributed by atoms with Gasteiger partial charge in [-0.2, -0.15) is 0 Å². The lowest BCUT2D eigenvalue weighted by molar-refractivity contribution is -0.137. The SMILES string of the molecule is CCCNC(CC(=O)O)c1cc(C)cc(C)c1. The number of hydrogen-bond acceptors (Lipinski definition) is 2. The molecule has 94 valence electrons. The zero-order valence-electron chi connectivity index (χ0n) is 10.8. The molecule has 0 aliphatic heterocycles. The van der Waals surface area contributed by atoms with Crippen LogP contribution in [-0.4, -0.2) is 17.6 Å². The molecule has 1 rings (SSSR count). The van der Waals surface area contributed by atoms with E-state index >= 15 is 0 Å². The Bertz CT molecular complexity index is 368. The first kappa shape index (κ1) is 13.7. The van der Waals surface area contributed by atoms with Crippen molar-refractivity contribution in [2.45, 2.75) is 39.7 Å². The summed E-state index contributed by atoms with van der Waals surface area (Å²) >= 11 is 0. The third-order valence-corrected chi connectivity index (χ3v) is 2.67. The van der Waals surface area contributed by atoms with Gasteiger partial charge < -0.3 is 10.4 Å². The van der Waals surface area contributed by atoms with Crippen LogP contribution in [0.15, 0.2) is 18.2 Å². The van der Waals surface area contributed by atoms with Gasteiger partial charge in [0.05, 0.1) is 6.42 Å². The quantitative estimate of drug-likeness (QED) is 0.797. The highest BCUT2D eigenvalue weighted by Gasteiger charge is 2.15. The third kappa shape index (κ3) is 4.57. The molecule has 0 aliphatic rings. The van der Waals surface area contributed by atoms with Crippen molar-refractivity contribution < 1.29 is 9.90 Å². The second-order valence-corrected chi connectivity index (χ2v) is 4.53. The summed E-state index contributed by atoms with van der Waals surface area (Å²) in [5.74, 6) is -0.766. The first-order valence-electron chi connectivity index (χ1n) is 6.06. The lowest BCUT2D eigenvalue weighted by Gasteiger charge is -2.18. The van der Waals surface area contributed by atoms with Crippen molar-refractivity contribution in [2.24, 2.45) is 0 Å². The molecule has 2 N–H and O–H groups in total. The summed E-state index contributed by atoms with van der Waals surface area (Å²) in [4.78, 5) is 10.9. The Kier molecular flexibility index (Phi) is 5.16. The summed E-state index contributed by atoms with van der Waals surface area (Å²) in [7, 11) is 0. The number of nitrogens with one attached hydrogen (secondary N) is 1. The van der Waals surface area contributed by atoms with E-state index < -0.39 is 5.97 Å². The molecule has 0 saturated heterocycles. The molecular weight excluding hydrogens is 214 g/mol. The number of aryl methyl sites for hydroxylation is 2. The molecule has 0 radical (unpaired) electrons. The van der Waals surface area contributed by atoms with E-state index in [1.807, 2.05) is 13.8 Å². The van der Waals surface area contributed by atoms with Crippen LogP contribution in [0.3, 0.4) is 0 Å². The van der Waals surface area contributed by atoms with Crippen molar-refractivity contribution in [3.8, 4) is 0 Å². The van der Waals surface area contributed by atoms with Crippen LogP contribution in [0.2, 0.25) is 0 Å². The van der Waals surface area contributed by atoms with Crippen LogP contribution >= 0.6 is 0 Å². The number of carbonyl (C=O) groups is 1. The lowest BCUT2D eigenvalue weighted by atomic mass is 9.99. The van der Waals surface area contributed by atoms with E-state index in [0.29, 0.717) is 0 Å². The smallest absolute Gasteiger partial charge is 0.305 e. The monoisotopic (exact) mass is 235 g/mol. The second kappa shape index (κ2) is 6.40. The van der Waals surface area contributed by atoms with Crippen molar-refractivity contribution >= 4 is 5.97 Å². The van der Waals surface area contributed by atoms with Crippen molar-refractivity contribution in [2.75, 3.05) is 6.54 Å². The minimum Gasteiger partial charge on any atom is -0.481 e. The average Bonchev–Trinajstić information content (AvgIpc) is 2.22. The van der Waals surface area contributed by atoms with E-state index in [1.165, 1.54) is 11.1 Å². The Balaban J connectivity index is 2.90.